The Morgan fingerprint density at radius 1 is 0.923 bits per heavy atom. The summed E-state index contributed by atoms with van der Waals surface area (Å²) in [7, 11) is 2.16. The molecule has 26 heavy (non-hydrogen) atoms. The smallest absolute Gasteiger partial charge is 0.0338 e. The maximum atomic E-state index is 4.25. The van der Waals surface area contributed by atoms with Crippen LogP contribution < -0.4 is 10.7 Å². The summed E-state index contributed by atoms with van der Waals surface area (Å²) in [5.41, 5.74) is 2.60. The molecule has 0 spiro atoms. The third kappa shape index (κ3) is 8.12. The summed E-state index contributed by atoms with van der Waals surface area (Å²) in [4.78, 5) is 2.31. The minimum Gasteiger partial charge on any atom is -0.378 e. The maximum Gasteiger partial charge on any atom is 0.0338 e. The van der Waals surface area contributed by atoms with Gasteiger partial charge in [-0.3, -0.25) is 0 Å². The summed E-state index contributed by atoms with van der Waals surface area (Å²) >= 11 is 0. The molecule has 0 fully saturated rings. The first kappa shape index (κ1) is 22.3. The molecule has 0 N–H and O–H groups in total. The highest BCUT2D eigenvalue weighted by atomic mass is 15.1. The van der Waals surface area contributed by atoms with E-state index >= 15 is 0 Å². The number of unbranched alkanes of at least 4 members (excludes halogenated alkanes) is 5. The molecule has 1 aromatic rings. The van der Waals surface area contributed by atoms with Crippen molar-refractivity contribution in [1.82, 2.24) is 9.47 Å². The standard InChI is InChI=1S/C24H40N2/c1-20(2)21(3)14-12-10-8-9-11-13-18-25(7)22(4)17-19-26-23(5)15-16-24(26)6/h15-16,20H,3-6,8-14,17-19H2,1-2,7H3. The van der Waals surface area contributed by atoms with Gasteiger partial charge in [0.2, 0.25) is 0 Å². The lowest BCUT2D eigenvalue weighted by molar-refractivity contribution is 0.378. The van der Waals surface area contributed by atoms with Crippen LogP contribution in [0.3, 0.4) is 0 Å². The minimum absolute atomic E-state index is 0.636. The largest absolute Gasteiger partial charge is 0.378 e. The zero-order valence-electron chi connectivity index (χ0n) is 17.5. The van der Waals surface area contributed by atoms with E-state index < -0.39 is 0 Å². The molecule has 0 saturated carbocycles. The molecule has 0 amide bonds. The molecule has 1 aromatic heterocycles. The predicted octanol–water partition coefficient (Wildman–Crippen LogP) is 5.09. The van der Waals surface area contributed by atoms with Crippen molar-refractivity contribution in [2.24, 2.45) is 5.92 Å². The van der Waals surface area contributed by atoms with Crippen LogP contribution in [-0.4, -0.2) is 23.1 Å². The first-order valence-electron chi connectivity index (χ1n) is 10.2. The number of hydrogen-bond acceptors (Lipinski definition) is 1. The van der Waals surface area contributed by atoms with Gasteiger partial charge in [0.1, 0.15) is 0 Å². The van der Waals surface area contributed by atoms with Gasteiger partial charge in [-0.25, -0.2) is 0 Å². The van der Waals surface area contributed by atoms with Crippen LogP contribution in [0.25, 0.3) is 13.2 Å². The van der Waals surface area contributed by atoms with E-state index in [-0.39, 0.29) is 0 Å². The number of hydrogen-bond donors (Lipinski definition) is 0. The van der Waals surface area contributed by atoms with E-state index in [9.17, 15) is 0 Å². The van der Waals surface area contributed by atoms with Gasteiger partial charge in [-0.2, -0.15) is 0 Å². The molecule has 0 saturated heterocycles. The van der Waals surface area contributed by atoms with Gasteiger partial charge < -0.3 is 9.47 Å². The number of aromatic nitrogens is 1. The Morgan fingerprint density at radius 2 is 1.46 bits per heavy atom. The highest BCUT2D eigenvalue weighted by Gasteiger charge is 2.04. The Labute approximate surface area is 161 Å². The SMILES string of the molecule is C=C(CCCCCCCCN(C)C(=C)CCn1c(=C)ccc1=C)C(C)C. The lowest BCUT2D eigenvalue weighted by atomic mass is 9.98. The van der Waals surface area contributed by atoms with Crippen molar-refractivity contribution in [2.45, 2.75) is 71.8 Å². The van der Waals surface area contributed by atoms with Gasteiger partial charge in [0.05, 0.1) is 0 Å². The third-order valence-electron chi connectivity index (χ3n) is 5.38. The van der Waals surface area contributed by atoms with Crippen LogP contribution in [0.1, 0.15) is 65.2 Å². The topological polar surface area (TPSA) is 8.17 Å². The van der Waals surface area contributed by atoms with Crippen LogP contribution in [0.5, 0.6) is 0 Å². The summed E-state index contributed by atoms with van der Waals surface area (Å²) in [5.74, 6) is 0.636. The van der Waals surface area contributed by atoms with Gasteiger partial charge in [-0.05, 0) is 37.3 Å². The molecular weight excluding hydrogens is 316 g/mol. The van der Waals surface area contributed by atoms with E-state index in [1.165, 1.54) is 56.2 Å². The predicted molar refractivity (Wildman–Crippen MR) is 117 cm³/mol. The van der Waals surface area contributed by atoms with Crippen molar-refractivity contribution in [3.8, 4) is 0 Å². The summed E-state index contributed by atoms with van der Waals surface area (Å²) in [6, 6.07) is 4.04. The molecule has 0 atom stereocenters. The zero-order chi connectivity index (χ0) is 19.5. The number of nitrogens with zero attached hydrogens (tertiary/aromatic N) is 2. The fourth-order valence-corrected chi connectivity index (χ4v) is 3.13. The Kier molecular flexibility index (Phi) is 10.2. The summed E-state index contributed by atoms with van der Waals surface area (Å²) in [5, 5.41) is 2.06. The van der Waals surface area contributed by atoms with Gasteiger partial charge in [-0.15, -0.1) is 0 Å². The monoisotopic (exact) mass is 356 g/mol. The highest BCUT2D eigenvalue weighted by molar-refractivity contribution is 5.09. The van der Waals surface area contributed by atoms with Crippen LogP contribution in [0, 0.1) is 5.92 Å². The molecule has 0 radical (unpaired) electrons. The molecule has 0 aliphatic carbocycles. The fraction of sp³-hybridized carbons (Fsp3) is 0.583. The van der Waals surface area contributed by atoms with Crippen LogP contribution in [-0.2, 0) is 6.54 Å². The average molecular weight is 357 g/mol. The second-order valence-electron chi connectivity index (χ2n) is 7.89. The van der Waals surface area contributed by atoms with E-state index in [4.69, 9.17) is 0 Å². The molecule has 2 heteroatoms. The van der Waals surface area contributed by atoms with Gasteiger partial charge in [-0.1, -0.05) is 71.4 Å². The Hall–Kier alpha value is -1.70. The van der Waals surface area contributed by atoms with Crippen molar-refractivity contribution in [2.75, 3.05) is 13.6 Å². The molecular formula is C24H40N2. The Bertz CT molecular complexity index is 623. The Morgan fingerprint density at radius 3 is 2.04 bits per heavy atom. The second-order valence-corrected chi connectivity index (χ2v) is 7.89. The molecule has 146 valence electrons. The molecule has 1 rings (SSSR count). The Balaban J connectivity index is 2.08. The summed E-state index contributed by atoms with van der Waals surface area (Å²) in [6.07, 6.45) is 10.0. The van der Waals surface area contributed by atoms with Crippen molar-refractivity contribution in [3.63, 3.8) is 0 Å². The van der Waals surface area contributed by atoms with Crippen molar-refractivity contribution in [1.29, 1.82) is 0 Å². The van der Waals surface area contributed by atoms with Gasteiger partial charge in [0, 0.05) is 43.0 Å². The quantitative estimate of drug-likeness (QED) is 0.333. The molecule has 2 nitrogen and oxygen atoms in total. The van der Waals surface area contributed by atoms with E-state index in [1.54, 1.807) is 0 Å². The van der Waals surface area contributed by atoms with E-state index in [2.05, 4.69) is 56.7 Å². The highest BCUT2D eigenvalue weighted by Crippen LogP contribution is 2.16. The lowest BCUT2D eigenvalue weighted by Crippen LogP contribution is -2.27. The van der Waals surface area contributed by atoms with E-state index in [0.29, 0.717) is 5.92 Å². The normalized spacial score (nSPS) is 11.1. The second kappa shape index (κ2) is 11.8. The van der Waals surface area contributed by atoms with Crippen LogP contribution in [0.2, 0.25) is 0 Å². The molecule has 0 aliphatic heterocycles. The first-order valence-corrected chi connectivity index (χ1v) is 10.2. The van der Waals surface area contributed by atoms with Crippen molar-refractivity contribution in [3.05, 3.63) is 47.3 Å². The van der Waals surface area contributed by atoms with Crippen molar-refractivity contribution < 1.29 is 0 Å². The minimum atomic E-state index is 0.636. The fourth-order valence-electron chi connectivity index (χ4n) is 3.13. The molecule has 0 unspecified atom stereocenters. The van der Waals surface area contributed by atoms with Crippen LogP contribution in [0.4, 0.5) is 0 Å². The number of allylic oxidation sites excluding steroid dienone is 2. The van der Waals surface area contributed by atoms with Gasteiger partial charge >= 0.3 is 0 Å². The first-order chi connectivity index (χ1) is 12.3. The summed E-state index contributed by atoms with van der Waals surface area (Å²) in [6.45, 7) is 23.0. The van der Waals surface area contributed by atoms with Crippen LogP contribution >= 0.6 is 0 Å². The molecule has 0 aliphatic rings. The van der Waals surface area contributed by atoms with E-state index in [1.807, 2.05) is 12.1 Å². The number of rotatable bonds is 14. The zero-order valence-corrected chi connectivity index (χ0v) is 17.5. The van der Waals surface area contributed by atoms with Crippen LogP contribution in [0.15, 0.2) is 36.6 Å². The molecule has 0 aromatic carbocycles. The van der Waals surface area contributed by atoms with Gasteiger partial charge in [0.25, 0.3) is 0 Å². The van der Waals surface area contributed by atoms with Gasteiger partial charge in [0.15, 0.2) is 0 Å². The van der Waals surface area contributed by atoms with E-state index in [0.717, 1.165) is 30.2 Å². The average Bonchev–Trinajstić information content (AvgIpc) is 2.92. The van der Waals surface area contributed by atoms with Crippen molar-refractivity contribution >= 4 is 13.2 Å². The maximum absolute atomic E-state index is 4.25. The molecule has 0 bridgehead atoms. The third-order valence-corrected chi connectivity index (χ3v) is 5.38. The summed E-state index contributed by atoms with van der Waals surface area (Å²) < 4.78 is 2.16. The molecule has 1 heterocycles. The lowest BCUT2D eigenvalue weighted by Gasteiger charge is -2.22.